The van der Waals surface area contributed by atoms with Crippen molar-refractivity contribution in [3.63, 3.8) is 0 Å². The Morgan fingerprint density at radius 3 is 2.55 bits per heavy atom. The molecule has 0 radical (unpaired) electrons. The maximum atomic E-state index is 14.9. The van der Waals surface area contributed by atoms with Crippen LogP contribution in [0.4, 0.5) is 24.8 Å². The molecule has 0 unspecified atom stereocenters. The average Bonchev–Trinajstić information content (AvgIpc) is 3.71. The molecule has 0 fully saturated rings. The van der Waals surface area contributed by atoms with Crippen LogP contribution in [0, 0.1) is 17.5 Å². The van der Waals surface area contributed by atoms with E-state index in [1.165, 1.54) is 17.1 Å². The SMILES string of the molecule is Cn1cc2c(CCCN)c(Nc3nc(=O)n(Cc4ncn(CCc5cccc(C(=O)O)c5)n4)c(=O)n3Cc3cc(F)c(F)cc3F)c(Cl)cc2n1. The second kappa shape index (κ2) is 14.6. The number of carboxylic acids is 1. The summed E-state index contributed by atoms with van der Waals surface area (Å²) in [4.78, 5) is 47.0. The lowest BCUT2D eigenvalue weighted by Crippen LogP contribution is -2.43. The van der Waals surface area contributed by atoms with Gasteiger partial charge in [0.05, 0.1) is 34.9 Å². The zero-order chi connectivity index (χ0) is 36.4. The van der Waals surface area contributed by atoms with Gasteiger partial charge in [-0.2, -0.15) is 15.2 Å². The van der Waals surface area contributed by atoms with Crippen molar-refractivity contribution in [3.8, 4) is 0 Å². The van der Waals surface area contributed by atoms with E-state index >= 15 is 0 Å². The van der Waals surface area contributed by atoms with E-state index in [4.69, 9.17) is 17.3 Å². The van der Waals surface area contributed by atoms with Gasteiger partial charge in [0.25, 0.3) is 0 Å². The van der Waals surface area contributed by atoms with Gasteiger partial charge < -0.3 is 16.2 Å². The van der Waals surface area contributed by atoms with E-state index in [9.17, 15) is 32.7 Å². The molecule has 6 rings (SSSR count). The fraction of sp³-hybridized carbons (Fsp3) is 0.242. The fourth-order valence-electron chi connectivity index (χ4n) is 5.62. The number of anilines is 2. The fourth-order valence-corrected chi connectivity index (χ4v) is 5.88. The highest BCUT2D eigenvalue weighted by molar-refractivity contribution is 6.34. The molecule has 0 aliphatic carbocycles. The third-order valence-electron chi connectivity index (χ3n) is 8.11. The van der Waals surface area contributed by atoms with Gasteiger partial charge in [0, 0.05) is 36.8 Å². The van der Waals surface area contributed by atoms with Crippen LogP contribution >= 0.6 is 11.6 Å². The Hall–Kier alpha value is -5.81. The van der Waals surface area contributed by atoms with Crippen molar-refractivity contribution in [1.29, 1.82) is 0 Å². The molecule has 0 spiro atoms. The number of aryl methyl sites for hydroxylation is 4. The Morgan fingerprint density at radius 1 is 1.00 bits per heavy atom. The summed E-state index contributed by atoms with van der Waals surface area (Å²) in [5.41, 5.74) is 5.86. The summed E-state index contributed by atoms with van der Waals surface area (Å²) < 4.78 is 47.7. The number of hydrogen-bond acceptors (Lipinski definition) is 9. The Bertz CT molecular complexity index is 2410. The molecule has 0 saturated carbocycles. The van der Waals surface area contributed by atoms with E-state index in [2.05, 4.69) is 25.5 Å². The summed E-state index contributed by atoms with van der Waals surface area (Å²) in [5, 5.41) is 21.9. The van der Waals surface area contributed by atoms with Gasteiger partial charge in [0.15, 0.2) is 17.5 Å². The molecule has 0 atom stereocenters. The van der Waals surface area contributed by atoms with Crippen LogP contribution in [-0.2, 0) is 39.5 Å². The number of benzene rings is 3. The molecule has 0 saturated heterocycles. The highest BCUT2D eigenvalue weighted by Gasteiger charge is 2.22. The molecule has 51 heavy (non-hydrogen) atoms. The lowest BCUT2D eigenvalue weighted by Gasteiger charge is -2.19. The molecular formula is C33H30ClF3N10O4. The topological polar surface area (TPSA) is 181 Å². The van der Waals surface area contributed by atoms with Crippen LogP contribution in [0.3, 0.4) is 0 Å². The van der Waals surface area contributed by atoms with Crippen LogP contribution in [0.1, 0.15) is 39.3 Å². The van der Waals surface area contributed by atoms with Gasteiger partial charge in [-0.25, -0.2) is 37.1 Å². The molecule has 0 aliphatic rings. The van der Waals surface area contributed by atoms with Crippen molar-refractivity contribution in [2.75, 3.05) is 11.9 Å². The first-order valence-electron chi connectivity index (χ1n) is 15.6. The first-order chi connectivity index (χ1) is 24.4. The minimum absolute atomic E-state index is 0.0655. The van der Waals surface area contributed by atoms with E-state index in [1.807, 2.05) is 0 Å². The number of aromatic nitrogens is 8. The van der Waals surface area contributed by atoms with Crippen LogP contribution in [0.2, 0.25) is 5.02 Å². The minimum Gasteiger partial charge on any atom is -0.478 e. The molecule has 3 heterocycles. The van der Waals surface area contributed by atoms with Gasteiger partial charge in [-0.3, -0.25) is 13.9 Å². The number of rotatable bonds is 13. The molecule has 3 aromatic carbocycles. The number of hydrogen-bond donors (Lipinski definition) is 3. The van der Waals surface area contributed by atoms with Crippen molar-refractivity contribution < 1.29 is 23.1 Å². The summed E-state index contributed by atoms with van der Waals surface area (Å²) in [5.74, 6) is -5.21. The van der Waals surface area contributed by atoms with E-state index in [0.29, 0.717) is 61.3 Å². The first-order valence-corrected chi connectivity index (χ1v) is 16.0. The largest absolute Gasteiger partial charge is 0.478 e. The molecule has 264 valence electrons. The van der Waals surface area contributed by atoms with Crippen LogP contribution in [0.25, 0.3) is 10.9 Å². The summed E-state index contributed by atoms with van der Waals surface area (Å²) in [6, 6.07) is 9.00. The second-order valence-corrected chi connectivity index (χ2v) is 12.1. The van der Waals surface area contributed by atoms with Crippen molar-refractivity contribution in [2.45, 2.75) is 38.9 Å². The van der Waals surface area contributed by atoms with Crippen LogP contribution in [0.5, 0.6) is 0 Å². The number of carboxylic acid groups (broad SMARTS) is 1. The molecule has 6 aromatic rings. The van der Waals surface area contributed by atoms with Gasteiger partial charge in [-0.15, -0.1) is 0 Å². The molecule has 18 heteroatoms. The first kappa shape index (κ1) is 35.0. The molecule has 14 nitrogen and oxygen atoms in total. The Balaban J connectivity index is 1.37. The highest BCUT2D eigenvalue weighted by atomic mass is 35.5. The van der Waals surface area contributed by atoms with E-state index in [-0.39, 0.29) is 22.4 Å². The van der Waals surface area contributed by atoms with Gasteiger partial charge in [-0.1, -0.05) is 23.7 Å². The number of nitrogens with two attached hydrogens (primary N) is 1. The third-order valence-corrected chi connectivity index (χ3v) is 8.41. The van der Waals surface area contributed by atoms with E-state index < -0.39 is 53.5 Å². The second-order valence-electron chi connectivity index (χ2n) is 11.7. The zero-order valence-corrected chi connectivity index (χ0v) is 27.7. The van der Waals surface area contributed by atoms with Crippen molar-refractivity contribution in [1.82, 2.24) is 38.7 Å². The van der Waals surface area contributed by atoms with Crippen molar-refractivity contribution >= 4 is 40.1 Å². The third kappa shape index (κ3) is 7.53. The quantitative estimate of drug-likeness (QED) is 0.149. The normalized spacial score (nSPS) is 11.4. The summed E-state index contributed by atoms with van der Waals surface area (Å²) in [7, 11) is 1.74. The van der Waals surface area contributed by atoms with E-state index in [0.717, 1.165) is 20.1 Å². The van der Waals surface area contributed by atoms with Gasteiger partial charge in [-0.05, 0) is 61.2 Å². The number of halogens is 4. The highest BCUT2D eigenvalue weighted by Crippen LogP contribution is 2.35. The average molecular weight is 723 g/mol. The molecule has 3 aromatic heterocycles. The number of nitrogens with zero attached hydrogens (tertiary/aromatic N) is 8. The van der Waals surface area contributed by atoms with Gasteiger partial charge in [0.2, 0.25) is 5.95 Å². The maximum Gasteiger partial charge on any atom is 0.355 e. The van der Waals surface area contributed by atoms with Crippen molar-refractivity contribution in [2.24, 2.45) is 12.8 Å². The smallest absolute Gasteiger partial charge is 0.355 e. The molecule has 0 aliphatic heterocycles. The molecule has 4 N–H and O–H groups in total. The van der Waals surface area contributed by atoms with Crippen LogP contribution in [0.15, 0.2) is 64.6 Å². The Kier molecular flexibility index (Phi) is 10.0. The number of fused-ring (bicyclic) bond motifs is 1. The molecular weight excluding hydrogens is 693 g/mol. The number of nitrogens with one attached hydrogen (secondary N) is 1. The Labute approximate surface area is 291 Å². The van der Waals surface area contributed by atoms with Crippen molar-refractivity contribution in [3.05, 3.63) is 127 Å². The lowest BCUT2D eigenvalue weighted by molar-refractivity contribution is 0.0696. The van der Waals surface area contributed by atoms with Gasteiger partial charge in [0.1, 0.15) is 12.1 Å². The summed E-state index contributed by atoms with van der Waals surface area (Å²) in [6.07, 6.45) is 4.56. The predicted octanol–water partition coefficient (Wildman–Crippen LogP) is 3.63. The zero-order valence-electron chi connectivity index (χ0n) is 27.0. The van der Waals surface area contributed by atoms with Crippen LogP contribution < -0.4 is 22.4 Å². The standard InChI is InChI=1S/C33H30ClF3N10O4/c1-44-15-22-21(6-3-8-38)29(23(34)12-27(22)42-44)40-31-41-32(50)47(33(51)46(31)14-20-11-25(36)26(37)13-24(20)35)16-28-39-17-45(43-28)9-7-18-4-2-5-19(10-18)30(48)49/h2,4-5,10-13,15,17H,3,6-9,14,16,38H2,1H3,(H,48,49)(H,40,41,50). The number of aromatic carboxylic acids is 1. The summed E-state index contributed by atoms with van der Waals surface area (Å²) >= 11 is 6.69. The molecule has 0 bridgehead atoms. The van der Waals surface area contributed by atoms with Gasteiger partial charge >= 0.3 is 17.3 Å². The summed E-state index contributed by atoms with van der Waals surface area (Å²) in [6.45, 7) is -0.430. The van der Waals surface area contributed by atoms with E-state index in [1.54, 1.807) is 42.2 Å². The monoisotopic (exact) mass is 722 g/mol. The maximum absolute atomic E-state index is 14.9. The minimum atomic E-state index is -1.41. The predicted molar refractivity (Wildman–Crippen MR) is 181 cm³/mol. The molecule has 0 amide bonds. The Morgan fingerprint density at radius 2 is 1.78 bits per heavy atom. The van der Waals surface area contributed by atoms with Crippen LogP contribution in [-0.4, -0.2) is 56.3 Å². The lowest BCUT2D eigenvalue weighted by atomic mass is 10.0. The number of carbonyl (C=O) groups is 1.